The highest BCUT2D eigenvalue weighted by Crippen LogP contribution is 2.36. The van der Waals surface area contributed by atoms with Gasteiger partial charge in [-0.3, -0.25) is 0 Å². The highest BCUT2D eigenvalue weighted by molar-refractivity contribution is 14.1. The molecule has 0 nitrogen and oxygen atoms in total. The maximum absolute atomic E-state index is 13.9. The minimum Gasteiger partial charge on any atom is -0.207 e. The van der Waals surface area contributed by atoms with E-state index in [9.17, 15) is 8.78 Å². The maximum atomic E-state index is 13.9. The minimum atomic E-state index is -0.471. The Morgan fingerprint density at radius 1 is 1.00 bits per heavy atom. The standard InChI is InChI=1S/C13H7Br2F2I/c14-9-6-10(16)8(5-11(9)17)13(15)7-3-1-2-4-12(7)18/h1-6,13H. The first-order valence-electron chi connectivity index (χ1n) is 5.03. The maximum Gasteiger partial charge on any atom is 0.137 e. The lowest BCUT2D eigenvalue weighted by Crippen LogP contribution is -2.00. The Bertz CT molecular complexity index is 587. The summed E-state index contributed by atoms with van der Waals surface area (Å²) in [4.78, 5) is -0.367. The van der Waals surface area contributed by atoms with Gasteiger partial charge in [0.1, 0.15) is 11.6 Å². The van der Waals surface area contributed by atoms with Crippen molar-refractivity contribution >= 4 is 54.5 Å². The zero-order valence-corrected chi connectivity index (χ0v) is 14.3. The van der Waals surface area contributed by atoms with Gasteiger partial charge in [0.2, 0.25) is 0 Å². The van der Waals surface area contributed by atoms with E-state index in [1.807, 2.05) is 24.3 Å². The number of hydrogen-bond donors (Lipinski definition) is 0. The van der Waals surface area contributed by atoms with Crippen LogP contribution in [0.5, 0.6) is 0 Å². The molecule has 0 saturated carbocycles. The summed E-state index contributed by atoms with van der Waals surface area (Å²) in [5, 5.41) is 0. The molecule has 1 atom stereocenters. The van der Waals surface area contributed by atoms with Crippen LogP contribution >= 0.6 is 54.5 Å². The molecule has 0 aliphatic carbocycles. The molecule has 1 unspecified atom stereocenters. The summed E-state index contributed by atoms with van der Waals surface area (Å²) >= 11 is 8.57. The van der Waals surface area contributed by atoms with Crippen molar-refractivity contribution in [3.8, 4) is 0 Å². The summed E-state index contributed by atoms with van der Waals surface area (Å²) in [7, 11) is 0. The summed E-state index contributed by atoms with van der Waals surface area (Å²) in [6.07, 6.45) is 0. The topological polar surface area (TPSA) is 0 Å². The third-order valence-corrected chi connectivity index (χ3v) is 5.07. The molecule has 0 radical (unpaired) electrons. The van der Waals surface area contributed by atoms with Crippen LogP contribution in [0.1, 0.15) is 16.0 Å². The van der Waals surface area contributed by atoms with Crippen molar-refractivity contribution in [1.82, 2.24) is 0 Å². The number of alkyl halides is 1. The molecule has 0 saturated heterocycles. The van der Waals surface area contributed by atoms with Gasteiger partial charge in [-0.25, -0.2) is 8.78 Å². The molecule has 5 heteroatoms. The Morgan fingerprint density at radius 2 is 1.67 bits per heavy atom. The van der Waals surface area contributed by atoms with Crippen molar-refractivity contribution in [1.29, 1.82) is 0 Å². The molecule has 0 aliphatic rings. The predicted octanol–water partition coefficient (Wildman–Crippen LogP) is 5.82. The second-order valence-electron chi connectivity index (χ2n) is 3.67. The van der Waals surface area contributed by atoms with Crippen LogP contribution in [-0.4, -0.2) is 0 Å². The molecule has 2 rings (SSSR count). The van der Waals surface area contributed by atoms with E-state index in [2.05, 4.69) is 54.5 Å². The van der Waals surface area contributed by atoms with Crippen molar-refractivity contribution in [3.05, 3.63) is 67.2 Å². The zero-order chi connectivity index (χ0) is 13.3. The molecule has 0 fully saturated rings. The second kappa shape index (κ2) is 5.96. The van der Waals surface area contributed by atoms with E-state index in [1.165, 1.54) is 6.07 Å². The summed E-state index contributed by atoms with van der Waals surface area (Å²) in [5.41, 5.74) is 1.21. The van der Waals surface area contributed by atoms with Crippen molar-refractivity contribution in [2.45, 2.75) is 4.83 Å². The highest BCUT2D eigenvalue weighted by atomic mass is 127. The molecule has 0 bridgehead atoms. The number of rotatable bonds is 2. The van der Waals surface area contributed by atoms with Gasteiger partial charge in [-0.1, -0.05) is 34.1 Å². The van der Waals surface area contributed by atoms with Crippen LogP contribution in [0.4, 0.5) is 8.78 Å². The van der Waals surface area contributed by atoms with Crippen LogP contribution in [-0.2, 0) is 0 Å². The Labute approximate surface area is 134 Å². The minimum absolute atomic E-state index is 0.131. The lowest BCUT2D eigenvalue weighted by molar-refractivity contribution is 0.583. The van der Waals surface area contributed by atoms with Gasteiger partial charge in [0.15, 0.2) is 0 Å². The third kappa shape index (κ3) is 2.93. The van der Waals surface area contributed by atoms with Crippen LogP contribution in [0.25, 0.3) is 0 Å². The number of halogens is 5. The molecular weight excluding hydrogens is 481 g/mol. The smallest absolute Gasteiger partial charge is 0.137 e. The van der Waals surface area contributed by atoms with Gasteiger partial charge >= 0.3 is 0 Å². The van der Waals surface area contributed by atoms with Crippen LogP contribution in [0, 0.1) is 15.2 Å². The van der Waals surface area contributed by atoms with E-state index in [1.54, 1.807) is 0 Å². The second-order valence-corrected chi connectivity index (χ2v) is 6.60. The molecule has 0 aromatic heterocycles. The molecule has 0 aliphatic heterocycles. The van der Waals surface area contributed by atoms with Crippen LogP contribution in [0.3, 0.4) is 0 Å². The van der Waals surface area contributed by atoms with E-state index in [0.29, 0.717) is 5.56 Å². The molecule has 0 N–H and O–H groups in total. The molecular formula is C13H7Br2F2I. The fourth-order valence-corrected chi connectivity index (χ4v) is 3.77. The number of benzene rings is 2. The average molecular weight is 488 g/mol. The van der Waals surface area contributed by atoms with Crippen molar-refractivity contribution in [2.75, 3.05) is 0 Å². The van der Waals surface area contributed by atoms with E-state index in [0.717, 1.165) is 15.2 Å². The third-order valence-electron chi connectivity index (χ3n) is 2.49. The van der Waals surface area contributed by atoms with Gasteiger partial charge in [0.25, 0.3) is 0 Å². The first-order chi connectivity index (χ1) is 8.50. The van der Waals surface area contributed by atoms with Crippen LogP contribution in [0.15, 0.2) is 40.9 Å². The van der Waals surface area contributed by atoms with Crippen LogP contribution < -0.4 is 0 Å². The molecule has 94 valence electrons. The van der Waals surface area contributed by atoms with E-state index in [4.69, 9.17) is 0 Å². The van der Waals surface area contributed by atoms with Gasteiger partial charge in [0.05, 0.1) is 9.30 Å². The molecule has 18 heavy (non-hydrogen) atoms. The first-order valence-corrected chi connectivity index (χ1v) is 7.82. The summed E-state index contributed by atoms with van der Waals surface area (Å²) in [6.45, 7) is 0. The summed E-state index contributed by atoms with van der Waals surface area (Å²) in [5.74, 6) is -0.911. The Morgan fingerprint density at radius 3 is 2.33 bits per heavy atom. The predicted molar refractivity (Wildman–Crippen MR) is 84.0 cm³/mol. The summed E-state index contributed by atoms with van der Waals surface area (Å²) in [6, 6.07) is 9.96. The fourth-order valence-electron chi connectivity index (χ4n) is 1.58. The monoisotopic (exact) mass is 486 g/mol. The largest absolute Gasteiger partial charge is 0.207 e. The lowest BCUT2D eigenvalue weighted by Gasteiger charge is -2.14. The molecule has 0 amide bonds. The lowest BCUT2D eigenvalue weighted by atomic mass is 10.0. The molecule has 2 aromatic rings. The van der Waals surface area contributed by atoms with E-state index in [-0.39, 0.29) is 9.30 Å². The average Bonchev–Trinajstić information content (AvgIpc) is 2.33. The van der Waals surface area contributed by atoms with Crippen molar-refractivity contribution in [2.24, 2.45) is 0 Å². The molecule has 0 spiro atoms. The SMILES string of the molecule is Fc1cc(C(Br)c2ccccc2I)c(F)cc1Br. The molecule has 0 heterocycles. The fraction of sp³-hybridized carbons (Fsp3) is 0.0769. The summed E-state index contributed by atoms with van der Waals surface area (Å²) < 4.78 is 28.5. The zero-order valence-electron chi connectivity index (χ0n) is 8.93. The Hall–Kier alpha value is -0.0100. The number of hydrogen-bond acceptors (Lipinski definition) is 0. The Kier molecular flexibility index (Phi) is 4.77. The first kappa shape index (κ1) is 14.4. The van der Waals surface area contributed by atoms with Crippen molar-refractivity contribution < 1.29 is 8.78 Å². The van der Waals surface area contributed by atoms with E-state index < -0.39 is 11.6 Å². The van der Waals surface area contributed by atoms with Gasteiger partial charge in [-0.2, -0.15) is 0 Å². The Balaban J connectivity index is 2.50. The van der Waals surface area contributed by atoms with E-state index >= 15 is 0 Å². The molecule has 2 aromatic carbocycles. The quantitative estimate of drug-likeness (QED) is 0.285. The highest BCUT2D eigenvalue weighted by Gasteiger charge is 2.19. The van der Waals surface area contributed by atoms with Gasteiger partial charge in [-0.05, 0) is 62.3 Å². The van der Waals surface area contributed by atoms with Crippen LogP contribution in [0.2, 0.25) is 0 Å². The van der Waals surface area contributed by atoms with Crippen molar-refractivity contribution in [3.63, 3.8) is 0 Å². The van der Waals surface area contributed by atoms with Gasteiger partial charge in [0, 0.05) is 9.13 Å². The van der Waals surface area contributed by atoms with Gasteiger partial charge < -0.3 is 0 Å². The van der Waals surface area contributed by atoms with Gasteiger partial charge in [-0.15, -0.1) is 0 Å². The normalized spacial score (nSPS) is 12.5.